The fourth-order valence-electron chi connectivity index (χ4n) is 3.95. The summed E-state index contributed by atoms with van der Waals surface area (Å²) in [5.74, 6) is 0.407. The quantitative estimate of drug-likeness (QED) is 0.468. The van der Waals surface area contributed by atoms with Gasteiger partial charge in [0.15, 0.2) is 0 Å². The van der Waals surface area contributed by atoms with E-state index in [-0.39, 0.29) is 15.4 Å². The number of rotatable bonds is 7. The first kappa shape index (κ1) is 24.3. The molecule has 0 unspecified atom stereocenters. The summed E-state index contributed by atoms with van der Waals surface area (Å²) in [7, 11) is -3.90. The number of sulfonamides is 1. The van der Waals surface area contributed by atoms with Crippen molar-refractivity contribution >= 4 is 38.1 Å². The van der Waals surface area contributed by atoms with Crippen LogP contribution in [0.1, 0.15) is 54.2 Å². The van der Waals surface area contributed by atoms with Gasteiger partial charge >= 0.3 is 0 Å². The fraction of sp³-hybridized carbons (Fsp3) is 0.375. The van der Waals surface area contributed by atoms with Crippen LogP contribution in [0.4, 0.5) is 10.8 Å². The molecule has 34 heavy (non-hydrogen) atoms. The maximum atomic E-state index is 12.9. The number of hydrogen-bond donors (Lipinski definition) is 2. The third-order valence-electron chi connectivity index (χ3n) is 6.12. The Balaban J connectivity index is 1.39. The molecular formula is C24H29N5O3S2. The SMILES string of the molecule is Cc1ccccc1C(=O)Nc1nnc(S(=O)(=O)N[C@@H](C)c2ccc(N3CCC(C)CC3)cc2)s1. The molecule has 1 saturated heterocycles. The number of aromatic nitrogens is 2. The molecule has 1 atom stereocenters. The van der Waals surface area contributed by atoms with Gasteiger partial charge in [0.1, 0.15) is 0 Å². The third kappa shape index (κ3) is 5.63. The van der Waals surface area contributed by atoms with Crippen molar-refractivity contribution in [1.82, 2.24) is 14.9 Å². The normalized spacial score (nSPS) is 15.8. The highest BCUT2D eigenvalue weighted by Crippen LogP contribution is 2.26. The molecule has 1 aliphatic heterocycles. The van der Waals surface area contributed by atoms with Gasteiger partial charge in [0.25, 0.3) is 15.9 Å². The monoisotopic (exact) mass is 499 g/mol. The minimum absolute atomic E-state index is 0.126. The van der Waals surface area contributed by atoms with Crippen molar-refractivity contribution in [1.29, 1.82) is 0 Å². The molecule has 2 aromatic carbocycles. The van der Waals surface area contributed by atoms with E-state index in [1.165, 1.54) is 12.8 Å². The van der Waals surface area contributed by atoms with Crippen LogP contribution in [0.2, 0.25) is 0 Å². The van der Waals surface area contributed by atoms with Crippen LogP contribution < -0.4 is 14.9 Å². The molecule has 4 rings (SSSR count). The number of benzene rings is 2. The Morgan fingerprint density at radius 2 is 1.76 bits per heavy atom. The van der Waals surface area contributed by atoms with Crippen molar-refractivity contribution < 1.29 is 13.2 Å². The number of carbonyl (C=O) groups excluding carboxylic acids is 1. The highest BCUT2D eigenvalue weighted by Gasteiger charge is 2.24. The predicted molar refractivity (Wildman–Crippen MR) is 135 cm³/mol. The summed E-state index contributed by atoms with van der Waals surface area (Å²) >= 11 is 0.816. The lowest BCUT2D eigenvalue weighted by atomic mass is 9.98. The summed E-state index contributed by atoms with van der Waals surface area (Å²) in [6.45, 7) is 7.99. The van der Waals surface area contributed by atoms with Gasteiger partial charge in [-0.05, 0) is 61.9 Å². The molecule has 1 amide bonds. The van der Waals surface area contributed by atoms with Crippen molar-refractivity contribution in [3.8, 4) is 0 Å². The van der Waals surface area contributed by atoms with E-state index >= 15 is 0 Å². The molecule has 0 aliphatic carbocycles. The predicted octanol–water partition coefficient (Wildman–Crippen LogP) is 4.37. The number of nitrogens with zero attached hydrogens (tertiary/aromatic N) is 3. The highest BCUT2D eigenvalue weighted by atomic mass is 32.2. The standard InChI is InChI=1S/C24H29N5O3S2/c1-16-12-14-29(15-13-16)20-10-8-19(9-11-20)18(3)28-34(31,32)24-27-26-23(33-24)25-22(30)21-7-5-4-6-17(21)2/h4-11,16,18,28H,12-15H2,1-3H3,(H,25,26,30)/t18-/m0/s1. The number of anilines is 2. The van der Waals surface area contributed by atoms with E-state index in [1.807, 2.05) is 43.3 Å². The topological polar surface area (TPSA) is 104 Å². The highest BCUT2D eigenvalue weighted by molar-refractivity contribution is 7.91. The van der Waals surface area contributed by atoms with Gasteiger partial charge in [-0.1, -0.05) is 48.6 Å². The molecule has 1 aliphatic rings. The van der Waals surface area contributed by atoms with Gasteiger partial charge < -0.3 is 4.90 Å². The lowest BCUT2D eigenvalue weighted by molar-refractivity contribution is 0.102. The van der Waals surface area contributed by atoms with Crippen molar-refractivity contribution in [2.24, 2.45) is 5.92 Å². The van der Waals surface area contributed by atoms with E-state index in [0.717, 1.165) is 47.2 Å². The van der Waals surface area contributed by atoms with Crippen LogP contribution in [0.15, 0.2) is 52.9 Å². The minimum Gasteiger partial charge on any atom is -0.372 e. The summed E-state index contributed by atoms with van der Waals surface area (Å²) in [5, 5.41) is 10.4. The number of hydrogen-bond acceptors (Lipinski definition) is 7. The first-order chi connectivity index (χ1) is 16.2. The Morgan fingerprint density at radius 1 is 1.09 bits per heavy atom. The molecule has 180 valence electrons. The van der Waals surface area contributed by atoms with Gasteiger partial charge in [-0.2, -0.15) is 0 Å². The van der Waals surface area contributed by atoms with Gasteiger partial charge in [0.2, 0.25) is 9.47 Å². The van der Waals surface area contributed by atoms with Crippen LogP contribution in [-0.2, 0) is 10.0 Å². The number of carbonyl (C=O) groups is 1. The zero-order chi connectivity index (χ0) is 24.3. The molecule has 0 spiro atoms. The Labute approximate surface area is 204 Å². The van der Waals surface area contributed by atoms with E-state index in [4.69, 9.17) is 0 Å². The summed E-state index contributed by atoms with van der Waals surface area (Å²) in [4.78, 5) is 14.8. The molecule has 0 saturated carbocycles. The average Bonchev–Trinajstić information content (AvgIpc) is 3.29. The van der Waals surface area contributed by atoms with Crippen molar-refractivity contribution in [2.75, 3.05) is 23.3 Å². The number of amides is 1. The van der Waals surface area contributed by atoms with Crippen LogP contribution in [0.3, 0.4) is 0 Å². The molecule has 8 nitrogen and oxygen atoms in total. The van der Waals surface area contributed by atoms with Gasteiger partial charge in [-0.15, -0.1) is 10.2 Å². The molecular weight excluding hydrogens is 470 g/mol. The lowest BCUT2D eigenvalue weighted by Gasteiger charge is -2.32. The second kappa shape index (κ2) is 10.2. The third-order valence-corrected chi connectivity index (χ3v) is 8.87. The number of nitrogens with one attached hydrogen (secondary N) is 2. The molecule has 2 heterocycles. The molecule has 0 bridgehead atoms. The van der Waals surface area contributed by atoms with Crippen molar-refractivity contribution in [2.45, 2.75) is 44.0 Å². The van der Waals surface area contributed by atoms with Gasteiger partial charge in [-0.3, -0.25) is 10.1 Å². The van der Waals surface area contributed by atoms with E-state index < -0.39 is 16.1 Å². The van der Waals surface area contributed by atoms with E-state index in [0.29, 0.717) is 5.56 Å². The Kier molecular flexibility index (Phi) is 7.30. The number of piperidine rings is 1. The van der Waals surface area contributed by atoms with E-state index in [9.17, 15) is 13.2 Å². The zero-order valence-corrected chi connectivity index (χ0v) is 21.1. The molecule has 0 radical (unpaired) electrons. The molecule has 1 fully saturated rings. The number of aryl methyl sites for hydroxylation is 1. The van der Waals surface area contributed by atoms with Crippen molar-refractivity contribution in [3.63, 3.8) is 0 Å². The second-order valence-corrected chi connectivity index (χ2v) is 11.6. The average molecular weight is 500 g/mol. The summed E-state index contributed by atoms with van der Waals surface area (Å²) < 4.78 is 28.2. The first-order valence-corrected chi connectivity index (χ1v) is 13.6. The van der Waals surface area contributed by atoms with Crippen LogP contribution in [0.5, 0.6) is 0 Å². The molecule has 2 N–H and O–H groups in total. The largest absolute Gasteiger partial charge is 0.372 e. The summed E-state index contributed by atoms with van der Waals surface area (Å²) in [6.07, 6.45) is 2.38. The maximum Gasteiger partial charge on any atom is 0.270 e. The summed E-state index contributed by atoms with van der Waals surface area (Å²) in [5.41, 5.74) is 3.32. The Hall–Kier alpha value is -2.82. The maximum absolute atomic E-state index is 12.9. The lowest BCUT2D eigenvalue weighted by Crippen LogP contribution is -2.32. The van der Waals surface area contributed by atoms with Crippen LogP contribution in [0, 0.1) is 12.8 Å². The van der Waals surface area contributed by atoms with E-state index in [2.05, 4.69) is 32.1 Å². The fourth-order valence-corrected chi connectivity index (χ4v) is 6.10. The Morgan fingerprint density at radius 3 is 2.44 bits per heavy atom. The minimum atomic E-state index is -3.90. The summed E-state index contributed by atoms with van der Waals surface area (Å²) in [6, 6.07) is 14.7. The van der Waals surface area contributed by atoms with Gasteiger partial charge in [0.05, 0.1) is 0 Å². The zero-order valence-electron chi connectivity index (χ0n) is 19.5. The van der Waals surface area contributed by atoms with E-state index in [1.54, 1.807) is 19.1 Å². The van der Waals surface area contributed by atoms with Crippen LogP contribution in [-0.4, -0.2) is 37.6 Å². The first-order valence-electron chi connectivity index (χ1n) is 11.3. The smallest absolute Gasteiger partial charge is 0.270 e. The van der Waals surface area contributed by atoms with Crippen molar-refractivity contribution in [3.05, 3.63) is 65.2 Å². The molecule has 1 aromatic heterocycles. The molecule has 10 heteroatoms. The Bertz CT molecular complexity index is 1250. The van der Waals surface area contributed by atoms with Crippen LogP contribution >= 0.6 is 11.3 Å². The molecule has 3 aromatic rings. The van der Waals surface area contributed by atoms with Gasteiger partial charge in [-0.25, -0.2) is 13.1 Å². The van der Waals surface area contributed by atoms with Crippen LogP contribution in [0.25, 0.3) is 0 Å². The van der Waals surface area contributed by atoms with Gasteiger partial charge in [0, 0.05) is 30.4 Å². The second-order valence-electron chi connectivity index (χ2n) is 8.75.